The average molecular weight is 423 g/mol. The van der Waals surface area contributed by atoms with Crippen molar-refractivity contribution in [3.05, 3.63) is 50.8 Å². The highest BCUT2D eigenvalue weighted by Gasteiger charge is 2.28. The lowest BCUT2D eigenvalue weighted by atomic mass is 10.0. The molecule has 3 rings (SSSR count). The van der Waals surface area contributed by atoms with Crippen molar-refractivity contribution in [3.8, 4) is 0 Å². The number of nitrogens with zero attached hydrogens (tertiary/aromatic N) is 2. The maximum atomic E-state index is 12.8. The number of aromatic amines is 1. The number of amides is 2. The monoisotopic (exact) mass is 422 g/mol. The Bertz CT molecular complexity index is 881. The largest absolute Gasteiger partial charge is 0.350 e. The summed E-state index contributed by atoms with van der Waals surface area (Å²) < 4.78 is 0. The number of benzene rings is 1. The van der Waals surface area contributed by atoms with Crippen molar-refractivity contribution in [1.29, 1.82) is 0 Å². The lowest BCUT2D eigenvalue weighted by Crippen LogP contribution is -2.38. The summed E-state index contributed by atoms with van der Waals surface area (Å²) in [6, 6.07) is 5.12. The topological polar surface area (TPSA) is 78.1 Å². The normalized spacial score (nSPS) is 14.5. The molecule has 1 aromatic carbocycles. The van der Waals surface area contributed by atoms with E-state index in [1.807, 2.05) is 0 Å². The summed E-state index contributed by atoms with van der Waals surface area (Å²) in [5.74, 6) is 0.163. The van der Waals surface area contributed by atoms with Crippen LogP contribution in [0.15, 0.2) is 18.2 Å². The molecule has 0 saturated carbocycles. The number of nitrogens with one attached hydrogen (secondary N) is 2. The fourth-order valence-corrected chi connectivity index (χ4v) is 3.61. The van der Waals surface area contributed by atoms with Crippen molar-refractivity contribution in [2.45, 2.75) is 39.7 Å². The quantitative estimate of drug-likeness (QED) is 0.745. The van der Waals surface area contributed by atoms with Crippen molar-refractivity contribution in [1.82, 2.24) is 20.4 Å². The number of hydrogen-bond acceptors (Lipinski definition) is 3. The molecule has 8 heteroatoms. The van der Waals surface area contributed by atoms with Gasteiger partial charge in [-0.05, 0) is 23.6 Å². The van der Waals surface area contributed by atoms with Gasteiger partial charge in [0.25, 0.3) is 5.91 Å². The second-order valence-corrected chi connectivity index (χ2v) is 8.07. The smallest absolute Gasteiger partial charge is 0.272 e. The number of carbonyl (C=O) groups is 2. The van der Waals surface area contributed by atoms with E-state index in [0.29, 0.717) is 47.7 Å². The molecular weight excluding hydrogens is 399 g/mol. The Labute approximate surface area is 174 Å². The number of carbonyl (C=O) groups excluding carboxylic acids is 2. The van der Waals surface area contributed by atoms with Crippen LogP contribution in [0.25, 0.3) is 0 Å². The molecule has 1 atom stereocenters. The molecule has 0 radical (unpaired) electrons. The number of fused-ring (bicyclic) bond motifs is 1. The van der Waals surface area contributed by atoms with Crippen molar-refractivity contribution < 1.29 is 9.59 Å². The minimum Gasteiger partial charge on any atom is -0.350 e. The van der Waals surface area contributed by atoms with Gasteiger partial charge in [-0.2, -0.15) is 5.10 Å². The molecule has 28 heavy (non-hydrogen) atoms. The standard InChI is InChI=1S/C20H24Cl2N4O2/c1-3-12(2)10-23-20(28)19-15-11-26(7-6-17(15)24-25-19)18(27)8-13-4-5-14(21)9-16(13)22/h4-5,9,12H,3,6-8,10-11H2,1-2H3,(H,23,28)(H,24,25)/t12-/m1/s1. The van der Waals surface area contributed by atoms with Crippen LogP contribution in [0, 0.1) is 5.92 Å². The molecule has 0 bridgehead atoms. The van der Waals surface area contributed by atoms with Crippen LogP contribution in [0.3, 0.4) is 0 Å². The van der Waals surface area contributed by atoms with E-state index in [4.69, 9.17) is 23.2 Å². The molecule has 1 aliphatic rings. The Morgan fingerprint density at radius 3 is 2.86 bits per heavy atom. The van der Waals surface area contributed by atoms with Gasteiger partial charge in [-0.1, -0.05) is 49.5 Å². The summed E-state index contributed by atoms with van der Waals surface area (Å²) in [5, 5.41) is 11.1. The highest BCUT2D eigenvalue weighted by atomic mass is 35.5. The molecule has 2 heterocycles. The van der Waals surface area contributed by atoms with E-state index in [1.54, 1.807) is 23.1 Å². The van der Waals surface area contributed by atoms with E-state index in [0.717, 1.165) is 23.2 Å². The molecule has 0 saturated heterocycles. The maximum absolute atomic E-state index is 12.8. The third-order valence-electron chi connectivity index (χ3n) is 5.17. The van der Waals surface area contributed by atoms with Crippen LogP contribution in [0.5, 0.6) is 0 Å². The second kappa shape index (κ2) is 8.97. The van der Waals surface area contributed by atoms with Gasteiger partial charge in [0.2, 0.25) is 5.91 Å². The number of aromatic nitrogens is 2. The molecule has 6 nitrogen and oxygen atoms in total. The highest BCUT2D eigenvalue weighted by molar-refractivity contribution is 6.35. The first-order chi connectivity index (χ1) is 13.4. The van der Waals surface area contributed by atoms with Crippen LogP contribution in [-0.4, -0.2) is 40.0 Å². The van der Waals surface area contributed by atoms with Gasteiger partial charge in [-0.15, -0.1) is 0 Å². The van der Waals surface area contributed by atoms with E-state index in [1.165, 1.54) is 0 Å². The summed E-state index contributed by atoms with van der Waals surface area (Å²) in [7, 11) is 0. The van der Waals surface area contributed by atoms with E-state index in [9.17, 15) is 9.59 Å². The van der Waals surface area contributed by atoms with Crippen molar-refractivity contribution >= 4 is 35.0 Å². The van der Waals surface area contributed by atoms with Gasteiger partial charge in [0.15, 0.2) is 5.69 Å². The minimum atomic E-state index is -0.201. The zero-order valence-corrected chi connectivity index (χ0v) is 17.5. The Morgan fingerprint density at radius 1 is 1.36 bits per heavy atom. The third-order valence-corrected chi connectivity index (χ3v) is 5.75. The molecule has 2 N–H and O–H groups in total. The first-order valence-corrected chi connectivity index (χ1v) is 10.2. The molecule has 0 aliphatic carbocycles. The zero-order valence-electron chi connectivity index (χ0n) is 16.0. The van der Waals surface area contributed by atoms with Crippen molar-refractivity contribution in [3.63, 3.8) is 0 Å². The van der Waals surface area contributed by atoms with Crippen LogP contribution in [0.4, 0.5) is 0 Å². The fraction of sp³-hybridized carbons (Fsp3) is 0.450. The molecule has 2 aromatic rings. The molecule has 0 unspecified atom stereocenters. The first-order valence-electron chi connectivity index (χ1n) is 9.45. The van der Waals surface area contributed by atoms with Gasteiger partial charge < -0.3 is 10.2 Å². The molecule has 0 spiro atoms. The Balaban J connectivity index is 1.68. The molecule has 2 amide bonds. The van der Waals surface area contributed by atoms with Gasteiger partial charge in [0.05, 0.1) is 6.42 Å². The number of H-pyrrole nitrogens is 1. The predicted octanol–water partition coefficient (Wildman–Crippen LogP) is 3.62. The van der Waals surface area contributed by atoms with Gasteiger partial charge >= 0.3 is 0 Å². The van der Waals surface area contributed by atoms with E-state index >= 15 is 0 Å². The highest BCUT2D eigenvalue weighted by Crippen LogP contribution is 2.24. The van der Waals surface area contributed by atoms with Gasteiger partial charge in [-0.3, -0.25) is 14.7 Å². The van der Waals surface area contributed by atoms with Crippen LogP contribution < -0.4 is 5.32 Å². The molecular formula is C20H24Cl2N4O2. The van der Waals surface area contributed by atoms with Crippen molar-refractivity contribution in [2.24, 2.45) is 5.92 Å². The minimum absolute atomic E-state index is 0.0398. The maximum Gasteiger partial charge on any atom is 0.272 e. The van der Waals surface area contributed by atoms with Crippen molar-refractivity contribution in [2.75, 3.05) is 13.1 Å². The zero-order chi connectivity index (χ0) is 20.3. The lowest BCUT2D eigenvalue weighted by molar-refractivity contribution is -0.131. The number of hydrogen-bond donors (Lipinski definition) is 2. The summed E-state index contributed by atoms with van der Waals surface area (Å²) in [5.41, 5.74) is 2.83. The van der Waals surface area contributed by atoms with Gasteiger partial charge in [0.1, 0.15) is 0 Å². The Morgan fingerprint density at radius 2 is 2.14 bits per heavy atom. The van der Waals surface area contributed by atoms with E-state index < -0.39 is 0 Å². The summed E-state index contributed by atoms with van der Waals surface area (Å²) in [6.45, 7) is 5.72. The molecule has 0 fully saturated rings. The summed E-state index contributed by atoms with van der Waals surface area (Å²) in [6.07, 6.45) is 1.83. The molecule has 150 valence electrons. The van der Waals surface area contributed by atoms with Gasteiger partial charge in [0, 0.05) is 47.4 Å². The Hall–Kier alpha value is -2.05. The Kier molecular flexibility index (Phi) is 6.62. The average Bonchev–Trinajstić information content (AvgIpc) is 3.11. The summed E-state index contributed by atoms with van der Waals surface area (Å²) in [4.78, 5) is 27.0. The fourth-order valence-electron chi connectivity index (χ4n) is 3.13. The van der Waals surface area contributed by atoms with Crippen LogP contribution in [-0.2, 0) is 24.2 Å². The summed E-state index contributed by atoms with van der Waals surface area (Å²) >= 11 is 12.1. The SMILES string of the molecule is CC[C@@H](C)CNC(=O)c1n[nH]c2c1CN(C(=O)Cc1ccc(Cl)cc1Cl)CC2. The van der Waals surface area contributed by atoms with E-state index in [2.05, 4.69) is 29.4 Å². The number of halogens is 2. The number of rotatable bonds is 6. The second-order valence-electron chi connectivity index (χ2n) is 7.23. The van der Waals surface area contributed by atoms with Crippen LogP contribution in [0.1, 0.15) is 47.6 Å². The van der Waals surface area contributed by atoms with Crippen LogP contribution in [0.2, 0.25) is 10.0 Å². The molecule has 1 aliphatic heterocycles. The predicted molar refractivity (Wildman–Crippen MR) is 110 cm³/mol. The van der Waals surface area contributed by atoms with E-state index in [-0.39, 0.29) is 18.2 Å². The first kappa shape index (κ1) is 20.7. The molecule has 1 aromatic heterocycles. The van der Waals surface area contributed by atoms with Gasteiger partial charge in [-0.25, -0.2) is 0 Å². The lowest BCUT2D eigenvalue weighted by Gasteiger charge is -2.27. The third kappa shape index (κ3) is 4.67. The van der Waals surface area contributed by atoms with Crippen LogP contribution >= 0.6 is 23.2 Å².